The third-order valence-corrected chi connectivity index (χ3v) is 2.25. The summed E-state index contributed by atoms with van der Waals surface area (Å²) in [4.78, 5) is 11.9. The number of ether oxygens (including phenoxy) is 2. The van der Waals surface area contributed by atoms with Gasteiger partial charge in [0.05, 0.1) is 25.8 Å². The molecule has 1 unspecified atom stereocenters. The molecule has 1 N–H and O–H groups in total. The number of carbonyl (C=O) groups is 1. The van der Waals surface area contributed by atoms with Crippen LogP contribution in [0, 0.1) is 12.3 Å². The van der Waals surface area contributed by atoms with E-state index in [4.69, 9.17) is 15.9 Å². The quantitative estimate of drug-likeness (QED) is 0.801. The molecule has 0 saturated carbocycles. The van der Waals surface area contributed by atoms with Gasteiger partial charge in [-0.25, -0.2) is 0 Å². The number of rotatable bonds is 4. The number of methoxy groups -OCH3 is 2. The van der Waals surface area contributed by atoms with Crippen LogP contribution in [0.3, 0.4) is 0 Å². The van der Waals surface area contributed by atoms with Gasteiger partial charge in [0, 0.05) is 0 Å². The molecule has 0 aliphatic heterocycles. The number of hydrogen-bond donors (Lipinski definition) is 1. The van der Waals surface area contributed by atoms with Gasteiger partial charge in [-0.05, 0) is 25.1 Å². The molecular weight excluding hydrogens is 218 g/mol. The third-order valence-electron chi connectivity index (χ3n) is 2.25. The summed E-state index contributed by atoms with van der Waals surface area (Å²) in [5.41, 5.74) is 0.397. The van der Waals surface area contributed by atoms with Crippen LogP contribution in [0.15, 0.2) is 18.2 Å². The molecule has 0 fully saturated rings. The highest BCUT2D eigenvalue weighted by molar-refractivity contribution is 5.97. The zero-order chi connectivity index (χ0) is 12.8. The third kappa shape index (κ3) is 3.15. The van der Waals surface area contributed by atoms with E-state index in [9.17, 15) is 4.79 Å². The van der Waals surface area contributed by atoms with Gasteiger partial charge in [0.25, 0.3) is 5.91 Å². The standard InChI is InChI=1S/C13H15NO3/c1-5-9(2)14-13(15)11-8-10(16-3)6-7-12(11)17-4/h1,6-9H,2-4H3,(H,14,15). The normalized spacial score (nSPS) is 11.2. The molecule has 0 aromatic heterocycles. The fraction of sp³-hybridized carbons (Fsp3) is 0.308. The van der Waals surface area contributed by atoms with Crippen molar-refractivity contribution in [2.75, 3.05) is 14.2 Å². The van der Waals surface area contributed by atoms with Crippen molar-refractivity contribution in [3.05, 3.63) is 23.8 Å². The van der Waals surface area contributed by atoms with Crippen LogP contribution in [0.4, 0.5) is 0 Å². The number of hydrogen-bond acceptors (Lipinski definition) is 3. The molecular formula is C13H15NO3. The zero-order valence-electron chi connectivity index (χ0n) is 10.1. The highest BCUT2D eigenvalue weighted by atomic mass is 16.5. The largest absolute Gasteiger partial charge is 0.497 e. The van der Waals surface area contributed by atoms with Gasteiger partial charge in [0.15, 0.2) is 0 Å². The van der Waals surface area contributed by atoms with E-state index in [0.717, 1.165) is 0 Å². The second-order valence-electron chi connectivity index (χ2n) is 3.43. The summed E-state index contributed by atoms with van der Waals surface area (Å²) in [6.45, 7) is 1.73. The number of carbonyl (C=O) groups excluding carboxylic acids is 1. The van der Waals surface area contributed by atoms with Crippen LogP contribution < -0.4 is 14.8 Å². The van der Waals surface area contributed by atoms with E-state index >= 15 is 0 Å². The second kappa shape index (κ2) is 5.80. The Hall–Kier alpha value is -2.15. The first-order chi connectivity index (χ1) is 8.12. The van der Waals surface area contributed by atoms with Crippen molar-refractivity contribution < 1.29 is 14.3 Å². The number of nitrogens with one attached hydrogen (secondary N) is 1. The van der Waals surface area contributed by atoms with Crippen LogP contribution in [0.25, 0.3) is 0 Å². The van der Waals surface area contributed by atoms with Gasteiger partial charge in [0.2, 0.25) is 0 Å². The van der Waals surface area contributed by atoms with Crippen LogP contribution in [0.5, 0.6) is 11.5 Å². The molecule has 1 amide bonds. The Balaban J connectivity index is 3.02. The van der Waals surface area contributed by atoms with Gasteiger partial charge in [0.1, 0.15) is 11.5 Å². The molecule has 1 aromatic rings. The van der Waals surface area contributed by atoms with Gasteiger partial charge in [-0.3, -0.25) is 4.79 Å². The van der Waals surface area contributed by atoms with Gasteiger partial charge in [-0.2, -0.15) is 0 Å². The highest BCUT2D eigenvalue weighted by Gasteiger charge is 2.14. The van der Waals surface area contributed by atoms with Crippen LogP contribution in [-0.2, 0) is 0 Å². The fourth-order valence-electron chi connectivity index (χ4n) is 1.31. The van der Waals surface area contributed by atoms with Gasteiger partial charge >= 0.3 is 0 Å². The Morgan fingerprint density at radius 2 is 2.12 bits per heavy atom. The topological polar surface area (TPSA) is 47.6 Å². The molecule has 17 heavy (non-hydrogen) atoms. The Morgan fingerprint density at radius 3 is 2.65 bits per heavy atom. The first-order valence-corrected chi connectivity index (χ1v) is 5.11. The van der Waals surface area contributed by atoms with Crippen LogP contribution >= 0.6 is 0 Å². The molecule has 0 aliphatic rings. The predicted octanol–water partition coefficient (Wildman–Crippen LogP) is 1.46. The fourth-order valence-corrected chi connectivity index (χ4v) is 1.31. The van der Waals surface area contributed by atoms with E-state index in [1.165, 1.54) is 14.2 Å². The van der Waals surface area contributed by atoms with Crippen molar-refractivity contribution in [2.45, 2.75) is 13.0 Å². The van der Waals surface area contributed by atoms with Gasteiger partial charge < -0.3 is 14.8 Å². The summed E-state index contributed by atoms with van der Waals surface area (Å²) >= 11 is 0. The minimum atomic E-state index is -0.335. The Kier molecular flexibility index (Phi) is 4.41. The maximum atomic E-state index is 11.9. The maximum absolute atomic E-state index is 11.9. The van der Waals surface area contributed by atoms with Crippen molar-refractivity contribution in [3.63, 3.8) is 0 Å². The molecule has 0 spiro atoms. The number of benzene rings is 1. The van der Waals surface area contributed by atoms with Crippen LogP contribution in [0.1, 0.15) is 17.3 Å². The van der Waals surface area contributed by atoms with E-state index in [0.29, 0.717) is 17.1 Å². The summed E-state index contributed by atoms with van der Waals surface area (Å²) < 4.78 is 10.2. The Bertz CT molecular complexity index is 448. The lowest BCUT2D eigenvalue weighted by Crippen LogP contribution is -2.31. The minimum Gasteiger partial charge on any atom is -0.497 e. The minimum absolute atomic E-state index is 0.286. The molecule has 0 radical (unpaired) electrons. The molecule has 4 heteroatoms. The first-order valence-electron chi connectivity index (χ1n) is 5.11. The summed E-state index contributed by atoms with van der Waals surface area (Å²) in [5, 5.41) is 2.66. The monoisotopic (exact) mass is 233 g/mol. The lowest BCUT2D eigenvalue weighted by Gasteiger charge is -2.12. The van der Waals surface area contributed by atoms with Crippen molar-refractivity contribution >= 4 is 5.91 Å². The predicted molar refractivity (Wildman–Crippen MR) is 65.3 cm³/mol. The maximum Gasteiger partial charge on any atom is 0.256 e. The summed E-state index contributed by atoms with van der Waals surface area (Å²) in [5.74, 6) is 3.21. The smallest absolute Gasteiger partial charge is 0.256 e. The molecule has 1 rings (SSSR count). The summed E-state index contributed by atoms with van der Waals surface area (Å²) in [6.07, 6.45) is 5.20. The molecule has 90 valence electrons. The van der Waals surface area contributed by atoms with E-state index < -0.39 is 0 Å². The molecule has 4 nitrogen and oxygen atoms in total. The first kappa shape index (κ1) is 12.9. The van der Waals surface area contributed by atoms with Gasteiger partial charge in [-0.1, -0.05) is 5.92 Å². The summed E-state index contributed by atoms with van der Waals surface area (Å²) in [7, 11) is 3.04. The summed E-state index contributed by atoms with van der Waals surface area (Å²) in [6, 6.07) is 4.67. The average molecular weight is 233 g/mol. The van der Waals surface area contributed by atoms with Gasteiger partial charge in [-0.15, -0.1) is 6.42 Å². The molecule has 1 atom stereocenters. The van der Waals surface area contributed by atoms with Crippen LogP contribution in [0.2, 0.25) is 0 Å². The lowest BCUT2D eigenvalue weighted by molar-refractivity contribution is 0.0944. The van der Waals surface area contributed by atoms with Crippen molar-refractivity contribution in [1.82, 2.24) is 5.32 Å². The zero-order valence-corrected chi connectivity index (χ0v) is 10.1. The highest BCUT2D eigenvalue weighted by Crippen LogP contribution is 2.23. The second-order valence-corrected chi connectivity index (χ2v) is 3.43. The van der Waals surface area contributed by atoms with E-state index in [-0.39, 0.29) is 11.9 Å². The van der Waals surface area contributed by atoms with Crippen molar-refractivity contribution in [2.24, 2.45) is 0 Å². The molecule has 1 aromatic carbocycles. The van der Waals surface area contributed by atoms with Crippen LogP contribution in [-0.4, -0.2) is 26.2 Å². The molecule has 0 bridgehead atoms. The number of terminal acetylenes is 1. The van der Waals surface area contributed by atoms with E-state index in [2.05, 4.69) is 11.2 Å². The van der Waals surface area contributed by atoms with Crippen molar-refractivity contribution in [3.8, 4) is 23.8 Å². The molecule has 0 heterocycles. The Morgan fingerprint density at radius 1 is 1.41 bits per heavy atom. The van der Waals surface area contributed by atoms with Crippen molar-refractivity contribution in [1.29, 1.82) is 0 Å². The Labute approximate surface area is 101 Å². The lowest BCUT2D eigenvalue weighted by atomic mass is 10.1. The molecule has 0 aliphatic carbocycles. The number of amides is 1. The SMILES string of the molecule is C#CC(C)NC(=O)c1cc(OC)ccc1OC. The molecule has 0 saturated heterocycles. The van der Waals surface area contributed by atoms with E-state index in [1.807, 2.05) is 0 Å². The average Bonchev–Trinajstić information content (AvgIpc) is 2.37. The van der Waals surface area contributed by atoms with E-state index in [1.54, 1.807) is 25.1 Å².